The molecule has 0 aromatic heterocycles. The van der Waals surface area contributed by atoms with E-state index in [0.29, 0.717) is 22.0 Å². The van der Waals surface area contributed by atoms with Gasteiger partial charge in [-0.05, 0) is 73.5 Å². The molecule has 1 heterocycles. The lowest BCUT2D eigenvalue weighted by Crippen LogP contribution is -2.32. The van der Waals surface area contributed by atoms with E-state index in [2.05, 4.69) is 10.6 Å². The second kappa shape index (κ2) is 9.50. The standard InChI is InChI=1S/C25H18Cl3N3O3/c1-13-8-14(2)10-18(9-13)30-23(32)15-4-3-5-17(11-15)29-22-21(28)24(33)31(25(22)34)20-7-6-16(26)12-19(20)27/h3-12,29H,1-2H3,(H,30,32). The molecule has 0 saturated carbocycles. The van der Waals surface area contributed by atoms with Crippen LogP contribution in [-0.2, 0) is 9.59 Å². The Balaban J connectivity index is 1.56. The minimum atomic E-state index is -0.720. The van der Waals surface area contributed by atoms with E-state index in [4.69, 9.17) is 34.8 Å². The topological polar surface area (TPSA) is 78.5 Å². The van der Waals surface area contributed by atoms with Crippen molar-refractivity contribution in [2.45, 2.75) is 13.8 Å². The van der Waals surface area contributed by atoms with E-state index in [1.807, 2.05) is 32.0 Å². The van der Waals surface area contributed by atoms with Crippen molar-refractivity contribution in [2.24, 2.45) is 0 Å². The first-order chi connectivity index (χ1) is 16.1. The number of aryl methyl sites for hydroxylation is 2. The van der Waals surface area contributed by atoms with E-state index in [0.717, 1.165) is 16.0 Å². The minimum absolute atomic E-state index is 0.121. The third kappa shape index (κ3) is 4.80. The maximum atomic E-state index is 13.0. The first-order valence-corrected chi connectivity index (χ1v) is 11.3. The summed E-state index contributed by atoms with van der Waals surface area (Å²) >= 11 is 18.3. The molecule has 0 aliphatic carbocycles. The van der Waals surface area contributed by atoms with Gasteiger partial charge in [0.1, 0.15) is 10.7 Å². The molecule has 0 radical (unpaired) electrons. The fourth-order valence-corrected chi connectivity index (χ4v) is 4.33. The van der Waals surface area contributed by atoms with Crippen LogP contribution in [0.5, 0.6) is 0 Å². The Hall–Kier alpha value is -3.32. The van der Waals surface area contributed by atoms with Crippen LogP contribution in [-0.4, -0.2) is 17.7 Å². The Labute approximate surface area is 211 Å². The van der Waals surface area contributed by atoms with Crippen molar-refractivity contribution < 1.29 is 14.4 Å². The van der Waals surface area contributed by atoms with Crippen molar-refractivity contribution in [1.29, 1.82) is 0 Å². The lowest BCUT2D eigenvalue weighted by molar-refractivity contribution is -0.120. The predicted octanol–water partition coefficient (Wildman–Crippen LogP) is 6.30. The first-order valence-electron chi connectivity index (χ1n) is 10.1. The molecule has 0 atom stereocenters. The number of hydrogen-bond acceptors (Lipinski definition) is 4. The number of halogens is 3. The molecule has 4 rings (SSSR count). The summed E-state index contributed by atoms with van der Waals surface area (Å²) in [6.07, 6.45) is 0. The van der Waals surface area contributed by atoms with Crippen LogP contribution in [0.4, 0.5) is 17.1 Å². The van der Waals surface area contributed by atoms with Gasteiger partial charge in [0.15, 0.2) is 0 Å². The van der Waals surface area contributed by atoms with E-state index in [-0.39, 0.29) is 27.3 Å². The van der Waals surface area contributed by atoms with Crippen molar-refractivity contribution in [3.05, 3.63) is 98.1 Å². The maximum absolute atomic E-state index is 13.0. The van der Waals surface area contributed by atoms with Gasteiger partial charge in [-0.2, -0.15) is 0 Å². The third-order valence-corrected chi connectivity index (χ3v) is 5.94. The molecular weight excluding hydrogens is 497 g/mol. The molecule has 1 aliphatic rings. The minimum Gasteiger partial charge on any atom is -0.350 e. The Bertz CT molecular complexity index is 1360. The summed E-state index contributed by atoms with van der Waals surface area (Å²) in [6.45, 7) is 3.90. The van der Waals surface area contributed by atoms with Gasteiger partial charge in [-0.25, -0.2) is 4.90 Å². The number of imide groups is 1. The lowest BCUT2D eigenvalue weighted by Gasteiger charge is -2.17. The summed E-state index contributed by atoms with van der Waals surface area (Å²) in [6, 6.07) is 16.7. The molecule has 9 heteroatoms. The van der Waals surface area contributed by atoms with E-state index >= 15 is 0 Å². The number of hydrogen-bond donors (Lipinski definition) is 2. The summed E-state index contributed by atoms with van der Waals surface area (Å²) in [5, 5.41) is 5.93. The number of anilines is 3. The first kappa shape index (κ1) is 23.8. The Kier molecular flexibility index (Phi) is 6.66. The van der Waals surface area contributed by atoms with Crippen molar-refractivity contribution in [1.82, 2.24) is 0 Å². The maximum Gasteiger partial charge on any atom is 0.283 e. The van der Waals surface area contributed by atoms with Crippen molar-refractivity contribution in [3.8, 4) is 0 Å². The highest BCUT2D eigenvalue weighted by molar-refractivity contribution is 6.54. The average molecular weight is 515 g/mol. The zero-order valence-corrected chi connectivity index (χ0v) is 20.3. The molecule has 0 unspecified atom stereocenters. The van der Waals surface area contributed by atoms with Gasteiger partial charge >= 0.3 is 0 Å². The van der Waals surface area contributed by atoms with Crippen LogP contribution >= 0.6 is 34.8 Å². The van der Waals surface area contributed by atoms with E-state index < -0.39 is 11.8 Å². The monoisotopic (exact) mass is 513 g/mol. The molecule has 3 amide bonds. The fraction of sp³-hybridized carbons (Fsp3) is 0.0800. The van der Waals surface area contributed by atoms with Crippen LogP contribution in [0.25, 0.3) is 0 Å². The quantitative estimate of drug-likeness (QED) is 0.392. The smallest absolute Gasteiger partial charge is 0.283 e. The van der Waals surface area contributed by atoms with Crippen LogP contribution in [0.3, 0.4) is 0 Å². The van der Waals surface area contributed by atoms with Crippen molar-refractivity contribution in [2.75, 3.05) is 15.5 Å². The molecule has 0 saturated heterocycles. The highest BCUT2D eigenvalue weighted by Gasteiger charge is 2.39. The van der Waals surface area contributed by atoms with Gasteiger partial charge in [0.05, 0.1) is 10.7 Å². The number of benzene rings is 3. The second-order valence-electron chi connectivity index (χ2n) is 7.77. The molecule has 1 aliphatic heterocycles. The van der Waals surface area contributed by atoms with E-state index in [1.165, 1.54) is 18.2 Å². The summed E-state index contributed by atoms with van der Waals surface area (Å²) in [5.74, 6) is -1.72. The van der Waals surface area contributed by atoms with Crippen LogP contribution in [0.1, 0.15) is 21.5 Å². The van der Waals surface area contributed by atoms with E-state index in [1.54, 1.807) is 24.3 Å². The second-order valence-corrected chi connectivity index (χ2v) is 8.99. The van der Waals surface area contributed by atoms with Gasteiger partial charge in [-0.15, -0.1) is 0 Å². The average Bonchev–Trinajstić information content (AvgIpc) is 2.97. The van der Waals surface area contributed by atoms with Crippen LogP contribution in [0.15, 0.2) is 71.4 Å². The summed E-state index contributed by atoms with van der Waals surface area (Å²) in [5.41, 5.74) is 3.55. The lowest BCUT2D eigenvalue weighted by atomic mass is 10.1. The summed E-state index contributed by atoms with van der Waals surface area (Å²) < 4.78 is 0. The van der Waals surface area contributed by atoms with E-state index in [9.17, 15) is 14.4 Å². The number of carbonyl (C=O) groups excluding carboxylic acids is 3. The molecule has 6 nitrogen and oxygen atoms in total. The summed E-state index contributed by atoms with van der Waals surface area (Å²) in [4.78, 5) is 39.4. The molecule has 3 aromatic rings. The molecule has 0 fully saturated rings. The molecule has 2 N–H and O–H groups in total. The molecule has 0 spiro atoms. The largest absolute Gasteiger partial charge is 0.350 e. The number of rotatable bonds is 5. The third-order valence-electron chi connectivity index (χ3n) is 5.05. The Morgan fingerprint density at radius 3 is 2.21 bits per heavy atom. The Morgan fingerprint density at radius 1 is 0.824 bits per heavy atom. The van der Waals surface area contributed by atoms with Crippen LogP contribution < -0.4 is 15.5 Å². The fourth-order valence-electron chi connectivity index (χ4n) is 3.63. The zero-order chi connectivity index (χ0) is 24.6. The van der Waals surface area contributed by atoms with Gasteiger partial charge in [0, 0.05) is 22.0 Å². The highest BCUT2D eigenvalue weighted by atomic mass is 35.5. The number of nitrogens with zero attached hydrogens (tertiary/aromatic N) is 1. The molecular formula is C25H18Cl3N3O3. The predicted molar refractivity (Wildman–Crippen MR) is 136 cm³/mol. The number of nitrogens with one attached hydrogen (secondary N) is 2. The normalized spacial score (nSPS) is 13.5. The zero-order valence-electron chi connectivity index (χ0n) is 18.1. The van der Waals surface area contributed by atoms with Gasteiger partial charge < -0.3 is 10.6 Å². The van der Waals surface area contributed by atoms with Crippen LogP contribution in [0.2, 0.25) is 10.0 Å². The van der Waals surface area contributed by atoms with Gasteiger partial charge in [-0.3, -0.25) is 14.4 Å². The van der Waals surface area contributed by atoms with Gasteiger partial charge in [0.25, 0.3) is 17.7 Å². The number of amides is 3. The van der Waals surface area contributed by atoms with Gasteiger partial charge in [-0.1, -0.05) is 46.9 Å². The van der Waals surface area contributed by atoms with Crippen molar-refractivity contribution in [3.63, 3.8) is 0 Å². The molecule has 0 bridgehead atoms. The van der Waals surface area contributed by atoms with Crippen molar-refractivity contribution >= 4 is 69.6 Å². The van der Waals surface area contributed by atoms with Crippen LogP contribution in [0, 0.1) is 13.8 Å². The number of carbonyl (C=O) groups is 3. The molecule has 34 heavy (non-hydrogen) atoms. The Morgan fingerprint density at radius 2 is 1.53 bits per heavy atom. The summed E-state index contributed by atoms with van der Waals surface area (Å²) in [7, 11) is 0. The SMILES string of the molecule is Cc1cc(C)cc(NC(=O)c2cccc(NC3=C(Cl)C(=O)N(c4ccc(Cl)cc4Cl)C3=O)c2)c1. The molecule has 172 valence electrons. The van der Waals surface area contributed by atoms with Gasteiger partial charge in [0.2, 0.25) is 0 Å². The molecule has 3 aromatic carbocycles. The highest BCUT2D eigenvalue weighted by Crippen LogP contribution is 2.35.